The Morgan fingerprint density at radius 3 is 2.80 bits per heavy atom. The summed E-state index contributed by atoms with van der Waals surface area (Å²) in [5.41, 5.74) is 0.702. The minimum absolute atomic E-state index is 0.00587. The summed E-state index contributed by atoms with van der Waals surface area (Å²) in [6.07, 6.45) is 3.66. The molecule has 0 atom stereocenters. The van der Waals surface area contributed by atoms with Gasteiger partial charge in [-0.1, -0.05) is 0 Å². The van der Waals surface area contributed by atoms with Gasteiger partial charge in [-0.25, -0.2) is 4.79 Å². The molecular weight excluding hydrogens is 262 g/mol. The molecule has 2 amide bonds. The maximum absolute atomic E-state index is 11.7. The van der Waals surface area contributed by atoms with E-state index in [9.17, 15) is 9.59 Å². The Labute approximate surface area is 116 Å². The number of carboxylic acid groups (broad SMARTS) is 1. The molecule has 20 heavy (non-hydrogen) atoms. The summed E-state index contributed by atoms with van der Waals surface area (Å²) in [6, 6.07) is 0. The standard InChI is InChI=1S/C12H19N5O3/c18-11(13-7-10-8-14-16-15-10)2-1-9-3-5-17(6-4-9)12(19)20/h8-9H,1-7H2,(H,13,18)(H,19,20)(H,14,15,16). The number of likely N-dealkylation sites (tertiary alicyclic amines) is 1. The highest BCUT2D eigenvalue weighted by molar-refractivity contribution is 5.75. The van der Waals surface area contributed by atoms with Crippen LogP contribution in [0.2, 0.25) is 0 Å². The van der Waals surface area contributed by atoms with Crippen molar-refractivity contribution in [1.29, 1.82) is 0 Å². The van der Waals surface area contributed by atoms with Gasteiger partial charge < -0.3 is 15.3 Å². The molecule has 0 bridgehead atoms. The summed E-state index contributed by atoms with van der Waals surface area (Å²) in [5, 5.41) is 21.6. The number of rotatable bonds is 5. The molecule has 1 fully saturated rings. The van der Waals surface area contributed by atoms with E-state index in [1.54, 1.807) is 6.20 Å². The number of H-pyrrole nitrogens is 1. The zero-order valence-corrected chi connectivity index (χ0v) is 11.2. The highest BCUT2D eigenvalue weighted by Crippen LogP contribution is 2.21. The van der Waals surface area contributed by atoms with Crippen molar-refractivity contribution in [2.24, 2.45) is 5.92 Å². The van der Waals surface area contributed by atoms with Crippen LogP contribution in [0.5, 0.6) is 0 Å². The van der Waals surface area contributed by atoms with E-state index in [4.69, 9.17) is 5.11 Å². The topological polar surface area (TPSA) is 111 Å². The van der Waals surface area contributed by atoms with Gasteiger partial charge in [0.25, 0.3) is 0 Å². The minimum Gasteiger partial charge on any atom is -0.465 e. The summed E-state index contributed by atoms with van der Waals surface area (Å²) >= 11 is 0. The average Bonchev–Trinajstić information content (AvgIpc) is 2.96. The van der Waals surface area contributed by atoms with Crippen LogP contribution in [-0.2, 0) is 11.3 Å². The number of nitrogens with zero attached hydrogens (tertiary/aromatic N) is 3. The molecule has 0 saturated carbocycles. The van der Waals surface area contributed by atoms with Gasteiger partial charge in [0, 0.05) is 19.5 Å². The molecule has 0 aromatic carbocycles. The molecule has 1 aliphatic heterocycles. The molecule has 0 spiro atoms. The number of carbonyl (C=O) groups is 2. The van der Waals surface area contributed by atoms with Crippen LogP contribution in [0.3, 0.4) is 0 Å². The SMILES string of the molecule is O=C(CCC1CCN(C(=O)O)CC1)NCc1cn[nH]n1. The van der Waals surface area contributed by atoms with Crippen molar-refractivity contribution in [3.63, 3.8) is 0 Å². The maximum Gasteiger partial charge on any atom is 0.407 e. The van der Waals surface area contributed by atoms with E-state index in [0.717, 1.165) is 19.3 Å². The zero-order valence-electron chi connectivity index (χ0n) is 11.2. The second-order valence-electron chi connectivity index (χ2n) is 4.99. The predicted molar refractivity (Wildman–Crippen MR) is 69.8 cm³/mol. The molecule has 2 rings (SSSR count). The Balaban J connectivity index is 1.61. The van der Waals surface area contributed by atoms with Crippen molar-refractivity contribution >= 4 is 12.0 Å². The lowest BCUT2D eigenvalue weighted by Crippen LogP contribution is -2.37. The highest BCUT2D eigenvalue weighted by atomic mass is 16.4. The fourth-order valence-corrected chi connectivity index (χ4v) is 2.34. The number of aromatic nitrogens is 3. The van der Waals surface area contributed by atoms with Crippen LogP contribution >= 0.6 is 0 Å². The number of aromatic amines is 1. The second-order valence-corrected chi connectivity index (χ2v) is 4.99. The van der Waals surface area contributed by atoms with Crippen molar-refractivity contribution in [1.82, 2.24) is 25.6 Å². The summed E-state index contributed by atoms with van der Waals surface area (Å²) < 4.78 is 0. The van der Waals surface area contributed by atoms with Gasteiger partial charge in [-0.3, -0.25) is 4.79 Å². The molecule has 1 aliphatic rings. The summed E-state index contributed by atoms with van der Waals surface area (Å²) in [6.45, 7) is 1.52. The van der Waals surface area contributed by atoms with Crippen molar-refractivity contribution in [2.75, 3.05) is 13.1 Å². The predicted octanol–water partition coefficient (Wildman–Crippen LogP) is 0.591. The van der Waals surface area contributed by atoms with Gasteiger partial charge in [-0.15, -0.1) is 0 Å². The average molecular weight is 281 g/mol. The number of piperidine rings is 1. The Hall–Kier alpha value is -2.12. The Bertz CT molecular complexity index is 440. The summed E-state index contributed by atoms with van der Waals surface area (Å²) in [5.74, 6) is 0.428. The van der Waals surface area contributed by atoms with E-state index in [0.29, 0.717) is 37.7 Å². The Morgan fingerprint density at radius 2 is 2.20 bits per heavy atom. The van der Waals surface area contributed by atoms with Crippen molar-refractivity contribution < 1.29 is 14.7 Å². The van der Waals surface area contributed by atoms with Gasteiger partial charge in [-0.05, 0) is 25.2 Å². The molecule has 0 unspecified atom stereocenters. The molecule has 0 aliphatic carbocycles. The first-order chi connectivity index (χ1) is 9.65. The normalized spacial score (nSPS) is 16.1. The lowest BCUT2D eigenvalue weighted by molar-refractivity contribution is -0.121. The van der Waals surface area contributed by atoms with Gasteiger partial charge in [-0.2, -0.15) is 15.4 Å². The smallest absolute Gasteiger partial charge is 0.407 e. The third kappa shape index (κ3) is 4.22. The molecule has 0 radical (unpaired) electrons. The van der Waals surface area contributed by atoms with Gasteiger partial charge in [0.2, 0.25) is 5.91 Å². The van der Waals surface area contributed by atoms with Crippen LogP contribution in [-0.4, -0.2) is 50.5 Å². The van der Waals surface area contributed by atoms with E-state index in [1.165, 1.54) is 4.90 Å². The van der Waals surface area contributed by atoms with Crippen LogP contribution in [0, 0.1) is 5.92 Å². The summed E-state index contributed by atoms with van der Waals surface area (Å²) in [7, 11) is 0. The highest BCUT2D eigenvalue weighted by Gasteiger charge is 2.22. The van der Waals surface area contributed by atoms with Gasteiger partial charge in [0.1, 0.15) is 5.69 Å². The lowest BCUT2D eigenvalue weighted by atomic mass is 9.92. The van der Waals surface area contributed by atoms with Gasteiger partial charge in [0.15, 0.2) is 0 Å². The number of amides is 2. The lowest BCUT2D eigenvalue weighted by Gasteiger charge is -2.29. The van der Waals surface area contributed by atoms with Crippen molar-refractivity contribution in [2.45, 2.75) is 32.2 Å². The molecule has 1 saturated heterocycles. The Kier molecular flexibility index (Phi) is 4.91. The van der Waals surface area contributed by atoms with E-state index < -0.39 is 6.09 Å². The molecule has 2 heterocycles. The van der Waals surface area contributed by atoms with E-state index in [1.807, 2.05) is 0 Å². The fraction of sp³-hybridized carbons (Fsp3) is 0.667. The summed E-state index contributed by atoms with van der Waals surface area (Å²) in [4.78, 5) is 23.9. The molecule has 1 aromatic heterocycles. The first-order valence-corrected chi connectivity index (χ1v) is 6.74. The molecule has 1 aromatic rings. The molecule has 110 valence electrons. The molecule has 8 heteroatoms. The second kappa shape index (κ2) is 6.88. The molecular formula is C12H19N5O3. The monoisotopic (exact) mass is 281 g/mol. The first-order valence-electron chi connectivity index (χ1n) is 6.74. The zero-order chi connectivity index (χ0) is 14.4. The third-order valence-electron chi connectivity index (χ3n) is 3.60. The number of hydrogen-bond donors (Lipinski definition) is 3. The first kappa shape index (κ1) is 14.3. The third-order valence-corrected chi connectivity index (χ3v) is 3.60. The van der Waals surface area contributed by atoms with E-state index in [2.05, 4.69) is 20.7 Å². The number of nitrogens with one attached hydrogen (secondary N) is 2. The van der Waals surface area contributed by atoms with Gasteiger partial charge in [0.05, 0.1) is 12.7 Å². The van der Waals surface area contributed by atoms with Gasteiger partial charge >= 0.3 is 6.09 Å². The van der Waals surface area contributed by atoms with Crippen molar-refractivity contribution in [3.8, 4) is 0 Å². The van der Waals surface area contributed by atoms with Crippen LogP contribution in [0.1, 0.15) is 31.4 Å². The van der Waals surface area contributed by atoms with Crippen LogP contribution in [0.15, 0.2) is 6.20 Å². The number of carbonyl (C=O) groups excluding carboxylic acids is 1. The van der Waals surface area contributed by atoms with E-state index in [-0.39, 0.29) is 5.91 Å². The van der Waals surface area contributed by atoms with Crippen LogP contribution < -0.4 is 5.32 Å². The number of hydrogen-bond acceptors (Lipinski definition) is 4. The van der Waals surface area contributed by atoms with Crippen LogP contribution in [0.25, 0.3) is 0 Å². The van der Waals surface area contributed by atoms with Crippen LogP contribution in [0.4, 0.5) is 4.79 Å². The Morgan fingerprint density at radius 1 is 1.45 bits per heavy atom. The van der Waals surface area contributed by atoms with Crippen molar-refractivity contribution in [3.05, 3.63) is 11.9 Å². The largest absolute Gasteiger partial charge is 0.465 e. The fourth-order valence-electron chi connectivity index (χ4n) is 2.34. The molecule has 3 N–H and O–H groups in total. The quantitative estimate of drug-likeness (QED) is 0.731. The minimum atomic E-state index is -0.853. The van der Waals surface area contributed by atoms with E-state index >= 15 is 0 Å². The molecule has 8 nitrogen and oxygen atoms in total. The maximum atomic E-state index is 11.7.